The first kappa shape index (κ1) is 22.1. The van der Waals surface area contributed by atoms with Crippen LogP contribution in [0.1, 0.15) is 16.7 Å². The summed E-state index contributed by atoms with van der Waals surface area (Å²) < 4.78 is 1.93. The molecule has 1 saturated heterocycles. The fourth-order valence-electron chi connectivity index (χ4n) is 3.68. The second kappa shape index (κ2) is 10.0. The molecule has 1 aliphatic rings. The van der Waals surface area contributed by atoms with Crippen molar-refractivity contribution in [3.63, 3.8) is 0 Å². The SMILES string of the molecule is Cc1ccccc1Cn1cc(NC(=S)N2CCN(Cc3ccc(Cl)c(Cl)c3)CC2)cn1. The lowest BCUT2D eigenvalue weighted by Crippen LogP contribution is -2.49. The number of hydrogen-bond donors (Lipinski definition) is 1. The van der Waals surface area contributed by atoms with Crippen molar-refractivity contribution in [1.82, 2.24) is 19.6 Å². The van der Waals surface area contributed by atoms with Crippen LogP contribution in [0.25, 0.3) is 0 Å². The van der Waals surface area contributed by atoms with E-state index in [1.165, 1.54) is 16.7 Å². The molecule has 0 saturated carbocycles. The van der Waals surface area contributed by atoms with Crippen LogP contribution >= 0.6 is 35.4 Å². The molecule has 0 amide bonds. The van der Waals surface area contributed by atoms with Gasteiger partial charge in [-0.05, 0) is 48.0 Å². The summed E-state index contributed by atoms with van der Waals surface area (Å²) in [6.07, 6.45) is 3.82. The fourth-order valence-corrected chi connectivity index (χ4v) is 4.31. The monoisotopic (exact) mass is 473 g/mol. The number of benzene rings is 2. The maximum Gasteiger partial charge on any atom is 0.173 e. The highest BCUT2D eigenvalue weighted by molar-refractivity contribution is 7.80. The van der Waals surface area contributed by atoms with Crippen LogP contribution in [-0.2, 0) is 13.1 Å². The number of piperazine rings is 1. The topological polar surface area (TPSA) is 36.3 Å². The summed E-state index contributed by atoms with van der Waals surface area (Å²) in [5, 5.41) is 9.74. The van der Waals surface area contributed by atoms with Crippen LogP contribution in [-0.4, -0.2) is 50.9 Å². The molecule has 3 aromatic rings. The van der Waals surface area contributed by atoms with Crippen LogP contribution in [0.2, 0.25) is 10.0 Å². The van der Waals surface area contributed by atoms with E-state index >= 15 is 0 Å². The molecular weight excluding hydrogens is 449 g/mol. The molecule has 5 nitrogen and oxygen atoms in total. The molecule has 0 unspecified atom stereocenters. The van der Waals surface area contributed by atoms with E-state index in [2.05, 4.69) is 51.4 Å². The summed E-state index contributed by atoms with van der Waals surface area (Å²) in [4.78, 5) is 4.61. The first-order valence-corrected chi connectivity index (χ1v) is 11.4. The Kier molecular flexibility index (Phi) is 7.13. The van der Waals surface area contributed by atoms with Gasteiger partial charge in [0.1, 0.15) is 0 Å². The second-order valence-corrected chi connectivity index (χ2v) is 9.00. The van der Waals surface area contributed by atoms with E-state index in [4.69, 9.17) is 35.4 Å². The van der Waals surface area contributed by atoms with Crippen molar-refractivity contribution >= 4 is 46.2 Å². The number of nitrogens with one attached hydrogen (secondary N) is 1. The molecule has 1 aromatic heterocycles. The molecule has 8 heteroatoms. The summed E-state index contributed by atoms with van der Waals surface area (Å²) >= 11 is 17.8. The summed E-state index contributed by atoms with van der Waals surface area (Å²) in [5.41, 5.74) is 4.61. The van der Waals surface area contributed by atoms with Crippen molar-refractivity contribution in [2.75, 3.05) is 31.5 Å². The molecular formula is C23H25Cl2N5S. The maximum absolute atomic E-state index is 6.14. The Morgan fingerprint density at radius 1 is 1.03 bits per heavy atom. The van der Waals surface area contributed by atoms with Gasteiger partial charge in [0.2, 0.25) is 0 Å². The molecule has 1 N–H and O–H groups in total. The van der Waals surface area contributed by atoms with Crippen molar-refractivity contribution < 1.29 is 0 Å². The lowest BCUT2D eigenvalue weighted by molar-refractivity contribution is 0.177. The molecule has 0 bridgehead atoms. The Hall–Kier alpha value is -2.12. The third-order valence-electron chi connectivity index (χ3n) is 5.53. The van der Waals surface area contributed by atoms with Crippen LogP contribution in [0.3, 0.4) is 0 Å². The number of rotatable bonds is 5. The van der Waals surface area contributed by atoms with Crippen LogP contribution in [0.4, 0.5) is 5.69 Å². The summed E-state index contributed by atoms with van der Waals surface area (Å²) in [5.74, 6) is 0. The van der Waals surface area contributed by atoms with E-state index in [1.807, 2.05) is 35.3 Å². The van der Waals surface area contributed by atoms with Gasteiger partial charge >= 0.3 is 0 Å². The maximum atomic E-state index is 6.14. The molecule has 2 aromatic carbocycles. The van der Waals surface area contributed by atoms with Crippen molar-refractivity contribution in [1.29, 1.82) is 0 Å². The zero-order valence-electron chi connectivity index (χ0n) is 17.4. The Morgan fingerprint density at radius 3 is 2.55 bits per heavy atom. The van der Waals surface area contributed by atoms with Crippen molar-refractivity contribution in [3.05, 3.63) is 81.6 Å². The zero-order valence-corrected chi connectivity index (χ0v) is 19.7. The zero-order chi connectivity index (χ0) is 21.8. The minimum absolute atomic E-state index is 0.592. The Morgan fingerprint density at radius 2 is 1.81 bits per heavy atom. The number of aromatic nitrogens is 2. The lowest BCUT2D eigenvalue weighted by Gasteiger charge is -2.36. The van der Waals surface area contributed by atoms with Gasteiger partial charge in [0.15, 0.2) is 5.11 Å². The third-order valence-corrected chi connectivity index (χ3v) is 6.63. The van der Waals surface area contributed by atoms with Gasteiger partial charge < -0.3 is 10.2 Å². The third kappa shape index (κ3) is 5.77. The highest BCUT2D eigenvalue weighted by atomic mass is 35.5. The van der Waals surface area contributed by atoms with Crippen LogP contribution in [0, 0.1) is 6.92 Å². The van der Waals surface area contributed by atoms with E-state index < -0.39 is 0 Å². The van der Waals surface area contributed by atoms with Gasteiger partial charge in [0, 0.05) is 38.9 Å². The molecule has 2 heterocycles. The predicted octanol–water partition coefficient (Wildman–Crippen LogP) is 5.06. The summed E-state index contributed by atoms with van der Waals surface area (Å²) in [6.45, 7) is 7.36. The fraction of sp³-hybridized carbons (Fsp3) is 0.304. The minimum atomic E-state index is 0.592. The standard InChI is InChI=1S/C23H25Cl2N5S/c1-17-4-2-3-5-19(17)15-30-16-20(13-26-30)27-23(31)29-10-8-28(9-11-29)14-18-6-7-21(24)22(25)12-18/h2-7,12-13,16H,8-11,14-15H2,1H3,(H,27,31). The first-order chi connectivity index (χ1) is 15.0. The normalized spacial score (nSPS) is 14.6. The van der Waals surface area contributed by atoms with E-state index in [1.54, 1.807) is 0 Å². The van der Waals surface area contributed by atoms with E-state index in [0.717, 1.165) is 50.1 Å². The second-order valence-electron chi connectivity index (χ2n) is 7.79. The van der Waals surface area contributed by atoms with Gasteiger partial charge in [-0.2, -0.15) is 5.10 Å². The molecule has 162 valence electrons. The van der Waals surface area contributed by atoms with Crippen molar-refractivity contribution in [2.45, 2.75) is 20.0 Å². The van der Waals surface area contributed by atoms with Gasteiger partial charge in [-0.3, -0.25) is 9.58 Å². The molecule has 0 spiro atoms. The Labute approximate surface area is 198 Å². The van der Waals surface area contributed by atoms with Crippen molar-refractivity contribution in [3.8, 4) is 0 Å². The van der Waals surface area contributed by atoms with Crippen molar-refractivity contribution in [2.24, 2.45) is 0 Å². The first-order valence-electron chi connectivity index (χ1n) is 10.3. The van der Waals surface area contributed by atoms with Gasteiger partial charge in [-0.1, -0.05) is 53.5 Å². The molecule has 1 fully saturated rings. The lowest BCUT2D eigenvalue weighted by atomic mass is 10.1. The van der Waals surface area contributed by atoms with Gasteiger partial charge in [0.25, 0.3) is 0 Å². The molecule has 0 aliphatic carbocycles. The molecule has 0 radical (unpaired) electrons. The van der Waals surface area contributed by atoms with Crippen LogP contribution in [0.15, 0.2) is 54.9 Å². The van der Waals surface area contributed by atoms with Gasteiger partial charge in [0.05, 0.1) is 28.5 Å². The number of aryl methyl sites for hydroxylation is 1. The van der Waals surface area contributed by atoms with E-state index in [0.29, 0.717) is 10.0 Å². The van der Waals surface area contributed by atoms with E-state index in [9.17, 15) is 0 Å². The van der Waals surface area contributed by atoms with Crippen LogP contribution < -0.4 is 5.32 Å². The highest BCUT2D eigenvalue weighted by Gasteiger charge is 2.19. The largest absolute Gasteiger partial charge is 0.346 e. The number of thiocarbonyl (C=S) groups is 1. The quantitative estimate of drug-likeness (QED) is 0.523. The smallest absolute Gasteiger partial charge is 0.173 e. The predicted molar refractivity (Wildman–Crippen MR) is 132 cm³/mol. The Balaban J connectivity index is 1.27. The molecule has 31 heavy (non-hydrogen) atoms. The summed E-state index contributed by atoms with van der Waals surface area (Å²) in [7, 11) is 0. The van der Waals surface area contributed by atoms with Crippen LogP contribution in [0.5, 0.6) is 0 Å². The average Bonchev–Trinajstić information content (AvgIpc) is 3.20. The Bertz CT molecular complexity index is 1060. The molecule has 1 aliphatic heterocycles. The number of halogens is 2. The number of nitrogens with zero attached hydrogens (tertiary/aromatic N) is 4. The molecule has 0 atom stereocenters. The summed E-state index contributed by atoms with van der Waals surface area (Å²) in [6, 6.07) is 14.2. The van der Waals surface area contributed by atoms with Gasteiger partial charge in [-0.15, -0.1) is 0 Å². The number of anilines is 1. The van der Waals surface area contributed by atoms with E-state index in [-0.39, 0.29) is 0 Å². The van der Waals surface area contributed by atoms with Gasteiger partial charge in [-0.25, -0.2) is 0 Å². The molecule has 4 rings (SSSR count). The minimum Gasteiger partial charge on any atom is -0.346 e. The average molecular weight is 474 g/mol. The highest BCUT2D eigenvalue weighted by Crippen LogP contribution is 2.23. The number of hydrogen-bond acceptors (Lipinski definition) is 3.